The lowest BCUT2D eigenvalue weighted by molar-refractivity contribution is -0.249. The van der Waals surface area contributed by atoms with Crippen molar-refractivity contribution in [2.24, 2.45) is 21.1 Å². The van der Waals surface area contributed by atoms with Crippen LogP contribution in [0.1, 0.15) is 130 Å². The summed E-state index contributed by atoms with van der Waals surface area (Å²) in [6, 6.07) is 14.7. The van der Waals surface area contributed by atoms with E-state index >= 15 is 0 Å². The number of nitrogens with zero attached hydrogens (tertiary/aromatic N) is 4. The number of nitrogens with one attached hydrogen (secondary N) is 1. The van der Waals surface area contributed by atoms with Crippen LogP contribution in [0.4, 0.5) is 0 Å². The van der Waals surface area contributed by atoms with E-state index in [2.05, 4.69) is 10.3 Å². The molecule has 4 heterocycles. The van der Waals surface area contributed by atoms with Gasteiger partial charge in [0.1, 0.15) is 22.8 Å². The topological polar surface area (TPSA) is 251 Å². The molecular formula is C54H55N5O13. The third-order valence-corrected chi connectivity index (χ3v) is 14.2. The summed E-state index contributed by atoms with van der Waals surface area (Å²) in [6.45, 7) is 3.13. The molecule has 3 aromatic carbocycles. The number of aliphatic hydroxyl groups is 2. The maximum atomic E-state index is 14.1. The highest BCUT2D eigenvalue weighted by molar-refractivity contribution is 6.31. The third-order valence-electron chi connectivity index (χ3n) is 14.2. The number of fused-ring (bicyclic) bond motifs is 3. The summed E-state index contributed by atoms with van der Waals surface area (Å²) in [5.41, 5.74) is 0.548. The van der Waals surface area contributed by atoms with Gasteiger partial charge in [-0.05, 0) is 54.3 Å². The zero-order valence-corrected chi connectivity index (χ0v) is 40.6. The minimum Gasteiger partial charge on any atom is -0.507 e. The third kappa shape index (κ3) is 9.11. The van der Waals surface area contributed by atoms with E-state index in [0.717, 1.165) is 11.1 Å². The highest BCUT2D eigenvalue weighted by Crippen LogP contribution is 2.52. The predicted octanol–water partition coefficient (Wildman–Crippen LogP) is 4.55. The summed E-state index contributed by atoms with van der Waals surface area (Å²) in [7, 11) is 6.59. The summed E-state index contributed by atoms with van der Waals surface area (Å²) in [4.78, 5) is 84.8. The van der Waals surface area contributed by atoms with Crippen LogP contribution in [0, 0.1) is 0 Å². The largest absolute Gasteiger partial charge is 0.507 e. The van der Waals surface area contributed by atoms with Crippen LogP contribution in [0.3, 0.4) is 0 Å². The molecule has 0 spiro atoms. The fourth-order valence-corrected chi connectivity index (χ4v) is 10.3. The number of phenolic OH excluding ortho intramolecular Hbond substituents is 2. The van der Waals surface area contributed by atoms with Crippen molar-refractivity contribution in [1.82, 2.24) is 24.0 Å². The number of methoxy groups -OCH3 is 1. The number of Topliss-reactive ketones (excluding diaryl/α,β-unsaturated/α-hetero) is 4. The molecule has 3 aromatic heterocycles. The van der Waals surface area contributed by atoms with Gasteiger partial charge < -0.3 is 53.7 Å². The number of ether oxygens (including phenoxy) is 3. The molecule has 2 aliphatic carbocycles. The molecule has 1 aliphatic heterocycles. The van der Waals surface area contributed by atoms with Crippen LogP contribution in [-0.2, 0) is 67.6 Å². The van der Waals surface area contributed by atoms with Gasteiger partial charge >= 0.3 is 0 Å². The molecule has 3 aliphatic rings. The van der Waals surface area contributed by atoms with E-state index in [0.29, 0.717) is 34.9 Å². The molecule has 9 rings (SSSR count). The molecule has 18 heteroatoms. The molecular weight excluding hydrogens is 927 g/mol. The molecule has 1 saturated heterocycles. The van der Waals surface area contributed by atoms with Gasteiger partial charge in [0.2, 0.25) is 11.6 Å². The van der Waals surface area contributed by atoms with Crippen molar-refractivity contribution in [3.05, 3.63) is 152 Å². The highest BCUT2D eigenvalue weighted by atomic mass is 16.7. The highest BCUT2D eigenvalue weighted by Gasteiger charge is 2.49. The fourth-order valence-electron chi connectivity index (χ4n) is 10.3. The molecule has 6 aromatic rings. The van der Waals surface area contributed by atoms with Crippen LogP contribution in [0.5, 0.6) is 17.2 Å². The Balaban J connectivity index is 0.845. The lowest BCUT2D eigenvalue weighted by Crippen LogP contribution is -2.54. The zero-order valence-electron chi connectivity index (χ0n) is 40.6. The number of benzene rings is 3. The monoisotopic (exact) mass is 981 g/mol. The first kappa shape index (κ1) is 49.6. The number of rotatable bonds is 16. The molecule has 18 nitrogen and oxygen atoms in total. The van der Waals surface area contributed by atoms with Crippen LogP contribution in [0.25, 0.3) is 0 Å². The van der Waals surface area contributed by atoms with E-state index in [1.54, 1.807) is 78.7 Å². The van der Waals surface area contributed by atoms with Gasteiger partial charge in [0.05, 0.1) is 53.5 Å². The van der Waals surface area contributed by atoms with Crippen molar-refractivity contribution in [3.63, 3.8) is 0 Å². The average Bonchev–Trinajstić information content (AvgIpc) is 4.06. The number of carbonyl (C=O) groups is 6. The number of carbonyl (C=O) groups excluding carboxylic acids is 6. The molecule has 374 valence electrons. The van der Waals surface area contributed by atoms with Crippen molar-refractivity contribution >= 4 is 34.7 Å². The van der Waals surface area contributed by atoms with Crippen LogP contribution in [0.2, 0.25) is 0 Å². The number of hydrogen-bond donors (Lipinski definition) is 5. The van der Waals surface area contributed by atoms with Crippen LogP contribution < -0.4 is 10.1 Å². The van der Waals surface area contributed by atoms with E-state index in [9.17, 15) is 49.2 Å². The van der Waals surface area contributed by atoms with E-state index in [4.69, 9.17) is 14.2 Å². The smallest absolute Gasteiger partial charge is 0.202 e. The van der Waals surface area contributed by atoms with Gasteiger partial charge in [-0.25, -0.2) is 4.98 Å². The van der Waals surface area contributed by atoms with Gasteiger partial charge in [0.25, 0.3) is 0 Å². The summed E-state index contributed by atoms with van der Waals surface area (Å²) < 4.78 is 22.9. The summed E-state index contributed by atoms with van der Waals surface area (Å²) in [5, 5.41) is 49.9. The molecule has 6 atom stereocenters. The van der Waals surface area contributed by atoms with E-state index in [1.807, 2.05) is 24.3 Å². The Kier molecular flexibility index (Phi) is 13.3. The Hall–Kier alpha value is -7.35. The minimum atomic E-state index is -2.09. The number of ketones is 6. The van der Waals surface area contributed by atoms with Crippen molar-refractivity contribution in [2.45, 2.75) is 95.2 Å². The van der Waals surface area contributed by atoms with Gasteiger partial charge in [-0.3, -0.25) is 28.8 Å². The standard InChI is InChI=1S/C54H55N5O13/c1-27-48(64)35(21-43(71-27)72-42-23-54(69,28(2)60)22-34-45(42)52(68)47-46(50(34)66)49(65)33-8-7-9-41(70-6)44(33)51(47)67)56-24-30-12-10-29(11-13-30)18-38(61)36-16-31(25-58(36)4)19-39(62)37-17-32(26-59(37)5)20-40(63)53-55-14-15-57(53)3/h7-17,25-27,35,42-43,48,56,64,66,68-69H,18-24H2,1-6H3/t27?,35?,42-,43?,48?,54+/m0/s1. The summed E-state index contributed by atoms with van der Waals surface area (Å²) in [6.07, 6.45) is 2.08. The first-order chi connectivity index (χ1) is 34.3. The van der Waals surface area contributed by atoms with Gasteiger partial charge in [0, 0.05) is 114 Å². The lowest BCUT2D eigenvalue weighted by atomic mass is 9.72. The molecule has 5 N–H and O–H groups in total. The predicted molar refractivity (Wildman–Crippen MR) is 258 cm³/mol. The van der Waals surface area contributed by atoms with Gasteiger partial charge in [0.15, 0.2) is 35.2 Å². The van der Waals surface area contributed by atoms with E-state index < -0.39 is 82.6 Å². The number of imidazole rings is 1. The van der Waals surface area contributed by atoms with Crippen molar-refractivity contribution in [3.8, 4) is 17.2 Å². The fraction of sp³-hybridized carbons (Fsp3) is 0.352. The maximum Gasteiger partial charge on any atom is 0.202 e. The molecule has 72 heavy (non-hydrogen) atoms. The molecule has 1 fully saturated rings. The zero-order chi connectivity index (χ0) is 51.5. The number of phenols is 2. The summed E-state index contributed by atoms with van der Waals surface area (Å²) >= 11 is 0. The van der Waals surface area contributed by atoms with Gasteiger partial charge in [-0.2, -0.15) is 0 Å². The van der Waals surface area contributed by atoms with Crippen molar-refractivity contribution in [2.75, 3.05) is 7.11 Å². The summed E-state index contributed by atoms with van der Waals surface area (Å²) in [5.74, 6) is -3.48. The minimum absolute atomic E-state index is 0.0432. The Morgan fingerprint density at radius 2 is 1.43 bits per heavy atom. The van der Waals surface area contributed by atoms with E-state index in [-0.39, 0.29) is 77.5 Å². The Morgan fingerprint density at radius 3 is 2.04 bits per heavy atom. The first-order valence-electron chi connectivity index (χ1n) is 23.5. The SMILES string of the molecule is COc1cccc2c1C(=O)c1c(O)c3c(c(O)c1C2=O)C[C@](O)(C(C)=O)C[C@@H]3OC1CC(NCc2ccc(CC(=O)c3cc(CC(=O)c4cc(CC(=O)c5nccn5C)cn4C)cn3C)cc2)C(O)C(C)O1. The number of aryl methyl sites for hydroxylation is 3. The van der Waals surface area contributed by atoms with Crippen LogP contribution in [0.15, 0.2) is 79.4 Å². The second-order valence-electron chi connectivity index (χ2n) is 19.1. The second-order valence-corrected chi connectivity index (χ2v) is 19.1. The number of aromatic hydroxyl groups is 2. The normalized spacial score (nSPS) is 21.5. The Morgan fingerprint density at radius 1 is 0.819 bits per heavy atom. The molecule has 0 bridgehead atoms. The van der Waals surface area contributed by atoms with Gasteiger partial charge in [-0.1, -0.05) is 36.4 Å². The number of hydrogen-bond acceptors (Lipinski definition) is 15. The second kappa shape index (κ2) is 19.3. The number of aromatic nitrogens is 4. The Bertz CT molecular complexity index is 3200. The molecule has 0 saturated carbocycles. The van der Waals surface area contributed by atoms with Crippen molar-refractivity contribution < 1.29 is 63.4 Å². The molecule has 0 radical (unpaired) electrons. The van der Waals surface area contributed by atoms with Gasteiger partial charge in [-0.15, -0.1) is 0 Å². The molecule has 0 amide bonds. The average molecular weight is 982 g/mol. The molecule has 4 unspecified atom stereocenters. The van der Waals surface area contributed by atoms with E-state index in [1.165, 1.54) is 32.2 Å². The lowest BCUT2D eigenvalue weighted by Gasteiger charge is -2.43. The van der Waals surface area contributed by atoms with Crippen LogP contribution >= 0.6 is 0 Å². The van der Waals surface area contributed by atoms with Crippen molar-refractivity contribution in [1.29, 1.82) is 0 Å². The quantitative estimate of drug-likeness (QED) is 0.0659. The Labute approximate surface area is 413 Å². The first-order valence-corrected chi connectivity index (χ1v) is 23.5. The van der Waals surface area contributed by atoms with Crippen LogP contribution in [-0.4, -0.2) is 111 Å². The maximum absolute atomic E-state index is 14.1. The number of aliphatic hydroxyl groups excluding tert-OH is 1.